The van der Waals surface area contributed by atoms with Crippen molar-refractivity contribution in [1.82, 2.24) is 19.7 Å². The minimum absolute atomic E-state index is 0.305. The molecule has 2 aromatic heterocycles. The lowest BCUT2D eigenvalue weighted by atomic mass is 10.2. The molecule has 0 radical (unpaired) electrons. The third-order valence-corrected chi connectivity index (χ3v) is 5.18. The van der Waals surface area contributed by atoms with Gasteiger partial charge in [-0.1, -0.05) is 37.2 Å². The number of nitrogens with zero attached hydrogens (tertiary/aromatic N) is 4. The van der Waals surface area contributed by atoms with Gasteiger partial charge in [0.15, 0.2) is 11.0 Å². The van der Waals surface area contributed by atoms with E-state index in [2.05, 4.69) is 15.2 Å². The lowest BCUT2D eigenvalue weighted by Crippen LogP contribution is -2.21. The number of esters is 1. The maximum absolute atomic E-state index is 14.6. The number of pyridine rings is 1. The monoisotopic (exact) mass is 400 g/mol. The van der Waals surface area contributed by atoms with Gasteiger partial charge in [0.05, 0.1) is 12.3 Å². The van der Waals surface area contributed by atoms with Crippen molar-refractivity contribution in [1.29, 1.82) is 0 Å². The smallest absolute Gasteiger partial charge is 0.319 e. The van der Waals surface area contributed by atoms with E-state index in [4.69, 9.17) is 4.74 Å². The SMILES string of the molecule is CCC[C@@H](Sc1nnc(-c2cccnc2)n1-c1ccccc1F)C(=O)OCC. The molecular formula is C20H21FN4O2S. The largest absolute Gasteiger partial charge is 0.465 e. The van der Waals surface area contributed by atoms with E-state index in [-0.39, 0.29) is 5.97 Å². The molecule has 28 heavy (non-hydrogen) atoms. The van der Waals surface area contributed by atoms with Crippen molar-refractivity contribution in [2.45, 2.75) is 37.1 Å². The zero-order valence-corrected chi connectivity index (χ0v) is 16.5. The van der Waals surface area contributed by atoms with E-state index < -0.39 is 11.1 Å². The second-order valence-electron chi connectivity index (χ2n) is 5.98. The standard InChI is InChI=1S/C20H21FN4O2S/c1-3-8-17(19(26)27-4-2)28-20-24-23-18(14-9-7-12-22-13-14)25(20)16-11-6-5-10-15(16)21/h5-7,9-13,17H,3-4,8H2,1-2H3/t17-/m1/s1. The van der Waals surface area contributed by atoms with E-state index in [1.54, 1.807) is 48.1 Å². The van der Waals surface area contributed by atoms with Gasteiger partial charge >= 0.3 is 5.97 Å². The van der Waals surface area contributed by atoms with Gasteiger partial charge in [0, 0.05) is 18.0 Å². The highest BCUT2D eigenvalue weighted by molar-refractivity contribution is 8.00. The maximum atomic E-state index is 14.6. The second-order valence-corrected chi connectivity index (χ2v) is 7.15. The van der Waals surface area contributed by atoms with Crippen LogP contribution < -0.4 is 0 Å². The lowest BCUT2D eigenvalue weighted by molar-refractivity contribution is -0.142. The summed E-state index contributed by atoms with van der Waals surface area (Å²) < 4.78 is 21.4. The summed E-state index contributed by atoms with van der Waals surface area (Å²) in [6, 6.07) is 10.0. The van der Waals surface area contributed by atoms with Gasteiger partial charge in [0.1, 0.15) is 11.1 Å². The zero-order valence-electron chi connectivity index (χ0n) is 15.7. The molecule has 0 saturated carbocycles. The molecule has 8 heteroatoms. The molecule has 0 N–H and O–H groups in total. The van der Waals surface area contributed by atoms with Gasteiger partial charge in [-0.15, -0.1) is 10.2 Å². The number of carbonyl (C=O) groups is 1. The molecule has 0 bridgehead atoms. The Kier molecular flexibility index (Phi) is 6.76. The van der Waals surface area contributed by atoms with Crippen LogP contribution in [-0.4, -0.2) is 37.6 Å². The summed E-state index contributed by atoms with van der Waals surface area (Å²) in [6.07, 6.45) is 4.72. The first kappa shape index (κ1) is 20.0. The van der Waals surface area contributed by atoms with Crippen molar-refractivity contribution in [3.63, 3.8) is 0 Å². The van der Waals surface area contributed by atoms with Gasteiger partial charge < -0.3 is 4.74 Å². The first-order valence-electron chi connectivity index (χ1n) is 9.09. The molecule has 6 nitrogen and oxygen atoms in total. The Balaban J connectivity index is 2.08. The number of aromatic nitrogens is 4. The second kappa shape index (κ2) is 9.45. The van der Waals surface area contributed by atoms with Crippen LogP contribution >= 0.6 is 11.8 Å². The fourth-order valence-electron chi connectivity index (χ4n) is 2.73. The van der Waals surface area contributed by atoms with Crippen molar-refractivity contribution in [2.75, 3.05) is 6.61 Å². The maximum Gasteiger partial charge on any atom is 0.319 e. The van der Waals surface area contributed by atoms with E-state index in [1.807, 2.05) is 13.0 Å². The molecule has 0 spiro atoms. The molecule has 2 heterocycles. The van der Waals surface area contributed by atoms with Crippen molar-refractivity contribution < 1.29 is 13.9 Å². The van der Waals surface area contributed by atoms with Crippen molar-refractivity contribution in [3.8, 4) is 17.1 Å². The molecule has 1 aromatic carbocycles. The Morgan fingerprint density at radius 3 is 2.71 bits per heavy atom. The number of thioether (sulfide) groups is 1. The fraction of sp³-hybridized carbons (Fsp3) is 0.300. The highest BCUT2D eigenvalue weighted by Crippen LogP contribution is 2.32. The van der Waals surface area contributed by atoms with Crippen LogP contribution in [0.15, 0.2) is 53.9 Å². The minimum atomic E-state index is -0.443. The number of ether oxygens (including phenoxy) is 1. The molecule has 0 amide bonds. The zero-order chi connectivity index (χ0) is 19.9. The topological polar surface area (TPSA) is 69.9 Å². The number of hydrogen-bond acceptors (Lipinski definition) is 6. The summed E-state index contributed by atoms with van der Waals surface area (Å²) in [5, 5.41) is 8.49. The molecule has 3 rings (SSSR count). The first-order chi connectivity index (χ1) is 13.7. The van der Waals surface area contributed by atoms with E-state index in [9.17, 15) is 9.18 Å². The molecular weight excluding hydrogens is 379 g/mol. The summed E-state index contributed by atoms with van der Waals surface area (Å²) >= 11 is 1.23. The molecule has 3 aromatic rings. The van der Waals surface area contributed by atoms with Crippen LogP contribution in [0.2, 0.25) is 0 Å². The molecule has 0 aliphatic carbocycles. The van der Waals surface area contributed by atoms with Crippen LogP contribution in [0, 0.1) is 5.82 Å². The van der Waals surface area contributed by atoms with Crippen LogP contribution in [0.3, 0.4) is 0 Å². The summed E-state index contributed by atoms with van der Waals surface area (Å²) in [5.41, 5.74) is 1.02. The quantitative estimate of drug-likeness (QED) is 0.415. The number of hydrogen-bond donors (Lipinski definition) is 0. The average Bonchev–Trinajstić information content (AvgIpc) is 3.12. The molecule has 0 saturated heterocycles. The normalized spacial score (nSPS) is 12.0. The van der Waals surface area contributed by atoms with Gasteiger partial charge in [-0.05, 0) is 37.6 Å². The number of carbonyl (C=O) groups excluding carboxylic acids is 1. The van der Waals surface area contributed by atoms with Crippen LogP contribution in [0.4, 0.5) is 4.39 Å². The molecule has 0 fully saturated rings. The molecule has 0 unspecified atom stereocenters. The fourth-order valence-corrected chi connectivity index (χ4v) is 3.88. The lowest BCUT2D eigenvalue weighted by Gasteiger charge is -2.16. The third kappa shape index (κ3) is 4.39. The van der Waals surface area contributed by atoms with Crippen molar-refractivity contribution in [3.05, 3.63) is 54.6 Å². The van der Waals surface area contributed by atoms with Gasteiger partial charge in [-0.25, -0.2) is 4.39 Å². The number of benzene rings is 1. The number of halogens is 1. The summed E-state index contributed by atoms with van der Waals surface area (Å²) in [5.74, 6) is -0.252. The highest BCUT2D eigenvalue weighted by Gasteiger charge is 2.26. The van der Waals surface area contributed by atoms with Gasteiger partial charge in [0.25, 0.3) is 0 Å². The molecule has 0 aliphatic rings. The van der Waals surface area contributed by atoms with Crippen molar-refractivity contribution >= 4 is 17.7 Å². The summed E-state index contributed by atoms with van der Waals surface area (Å²) in [4.78, 5) is 16.5. The average molecular weight is 400 g/mol. The summed E-state index contributed by atoms with van der Waals surface area (Å²) in [6.45, 7) is 4.07. The van der Waals surface area contributed by atoms with Gasteiger partial charge in [-0.2, -0.15) is 0 Å². The third-order valence-electron chi connectivity index (χ3n) is 3.99. The van der Waals surface area contributed by atoms with E-state index in [0.717, 1.165) is 6.42 Å². The van der Waals surface area contributed by atoms with Crippen molar-refractivity contribution in [2.24, 2.45) is 0 Å². The Morgan fingerprint density at radius 1 is 1.21 bits per heavy atom. The van der Waals surface area contributed by atoms with Crippen LogP contribution in [0.5, 0.6) is 0 Å². The highest BCUT2D eigenvalue weighted by atomic mass is 32.2. The van der Waals surface area contributed by atoms with Gasteiger partial charge in [-0.3, -0.25) is 14.3 Å². The summed E-state index contributed by atoms with van der Waals surface area (Å²) in [7, 11) is 0. The Bertz CT molecular complexity index is 933. The molecule has 1 atom stereocenters. The number of para-hydroxylation sites is 1. The number of rotatable bonds is 8. The minimum Gasteiger partial charge on any atom is -0.465 e. The van der Waals surface area contributed by atoms with Gasteiger partial charge in [0.2, 0.25) is 0 Å². The predicted octanol–water partition coefficient (Wildman–Crippen LogP) is 4.29. The van der Waals surface area contributed by atoms with E-state index in [1.165, 1.54) is 17.8 Å². The Labute approximate surface area is 167 Å². The van der Waals surface area contributed by atoms with E-state index in [0.29, 0.717) is 35.3 Å². The van der Waals surface area contributed by atoms with Crippen LogP contribution in [0.1, 0.15) is 26.7 Å². The Hall–Kier alpha value is -2.74. The predicted molar refractivity (Wildman–Crippen MR) is 106 cm³/mol. The Morgan fingerprint density at radius 2 is 2.04 bits per heavy atom. The van der Waals surface area contributed by atoms with Crippen LogP contribution in [0.25, 0.3) is 17.1 Å². The molecule has 146 valence electrons. The molecule has 0 aliphatic heterocycles. The van der Waals surface area contributed by atoms with E-state index >= 15 is 0 Å². The first-order valence-corrected chi connectivity index (χ1v) is 9.97. The van der Waals surface area contributed by atoms with Crippen LogP contribution in [-0.2, 0) is 9.53 Å².